The van der Waals surface area contributed by atoms with Gasteiger partial charge >= 0.3 is 5.97 Å². The Hall–Kier alpha value is -1.56. The zero-order chi connectivity index (χ0) is 12.4. The van der Waals surface area contributed by atoms with Crippen molar-refractivity contribution in [2.45, 2.75) is 25.9 Å². The molecule has 0 spiro atoms. The molecule has 17 heavy (non-hydrogen) atoms. The average Bonchev–Trinajstić information content (AvgIpc) is 2.87. The van der Waals surface area contributed by atoms with E-state index in [4.69, 9.17) is 15.2 Å². The molecule has 1 aliphatic rings. The third-order valence-corrected chi connectivity index (χ3v) is 2.85. The molecule has 94 valence electrons. The number of aromatic nitrogens is 2. The number of rotatable bonds is 3. The Bertz CT molecular complexity index is 422. The van der Waals surface area contributed by atoms with Crippen LogP contribution in [0.4, 0.5) is 5.69 Å². The molecule has 2 N–H and O–H groups in total. The van der Waals surface area contributed by atoms with Crippen LogP contribution in [0.3, 0.4) is 0 Å². The van der Waals surface area contributed by atoms with Crippen molar-refractivity contribution in [3.63, 3.8) is 0 Å². The monoisotopic (exact) mass is 239 g/mol. The highest BCUT2D eigenvalue weighted by Crippen LogP contribution is 2.19. The summed E-state index contributed by atoms with van der Waals surface area (Å²) in [7, 11) is 1.69. The summed E-state index contributed by atoms with van der Waals surface area (Å²) < 4.78 is 11.9. The molecule has 0 aliphatic carbocycles. The quantitative estimate of drug-likeness (QED) is 0.777. The second-order valence-electron chi connectivity index (χ2n) is 4.08. The largest absolute Gasteiger partial charge is 0.455 e. The predicted molar refractivity (Wildman–Crippen MR) is 61.6 cm³/mol. The van der Waals surface area contributed by atoms with E-state index in [2.05, 4.69) is 5.10 Å². The van der Waals surface area contributed by atoms with Gasteiger partial charge in [-0.25, -0.2) is 4.79 Å². The highest BCUT2D eigenvalue weighted by Gasteiger charge is 2.25. The normalized spacial score (nSPS) is 19.5. The lowest BCUT2D eigenvalue weighted by Gasteiger charge is -2.10. The van der Waals surface area contributed by atoms with Gasteiger partial charge in [-0.2, -0.15) is 5.10 Å². The second kappa shape index (κ2) is 4.75. The van der Waals surface area contributed by atoms with Crippen LogP contribution in [-0.2, 0) is 22.9 Å². The molecule has 1 atom stereocenters. The fourth-order valence-electron chi connectivity index (χ4n) is 1.91. The van der Waals surface area contributed by atoms with Crippen LogP contribution in [-0.4, -0.2) is 35.1 Å². The van der Waals surface area contributed by atoms with E-state index in [-0.39, 0.29) is 6.10 Å². The Labute approximate surface area is 99.7 Å². The van der Waals surface area contributed by atoms with Gasteiger partial charge in [0.1, 0.15) is 6.10 Å². The van der Waals surface area contributed by atoms with Crippen molar-refractivity contribution in [2.75, 3.05) is 18.9 Å². The lowest BCUT2D eigenvalue weighted by atomic mass is 10.2. The van der Waals surface area contributed by atoms with Crippen LogP contribution in [0, 0.1) is 0 Å². The number of nitrogens with zero attached hydrogens (tertiary/aromatic N) is 2. The zero-order valence-electron chi connectivity index (χ0n) is 10.1. The van der Waals surface area contributed by atoms with Gasteiger partial charge in [0.15, 0.2) is 5.69 Å². The van der Waals surface area contributed by atoms with Crippen LogP contribution in [0.2, 0.25) is 0 Å². The Kier molecular flexibility index (Phi) is 3.33. The van der Waals surface area contributed by atoms with Gasteiger partial charge in [-0.1, -0.05) is 6.92 Å². The number of carbonyl (C=O) groups is 1. The molecular weight excluding hydrogens is 222 g/mol. The topological polar surface area (TPSA) is 79.4 Å². The molecular formula is C11H17N3O3. The van der Waals surface area contributed by atoms with Gasteiger partial charge in [-0.3, -0.25) is 4.68 Å². The molecule has 0 bridgehead atoms. The van der Waals surface area contributed by atoms with Crippen molar-refractivity contribution in [1.82, 2.24) is 9.78 Å². The van der Waals surface area contributed by atoms with Crippen molar-refractivity contribution < 1.29 is 14.3 Å². The lowest BCUT2D eigenvalue weighted by Crippen LogP contribution is -2.21. The first kappa shape index (κ1) is 11.9. The Morgan fingerprint density at radius 1 is 1.71 bits per heavy atom. The van der Waals surface area contributed by atoms with Gasteiger partial charge < -0.3 is 15.2 Å². The smallest absolute Gasteiger partial charge is 0.359 e. The first-order valence-electron chi connectivity index (χ1n) is 5.73. The third kappa shape index (κ3) is 2.26. The van der Waals surface area contributed by atoms with Crippen LogP contribution < -0.4 is 5.73 Å². The fraction of sp³-hybridized carbons (Fsp3) is 0.636. The van der Waals surface area contributed by atoms with E-state index in [1.165, 1.54) is 4.68 Å². The molecule has 0 aromatic carbocycles. The summed E-state index contributed by atoms with van der Waals surface area (Å²) in [5, 5.41) is 4.18. The van der Waals surface area contributed by atoms with Crippen LogP contribution in [0.5, 0.6) is 0 Å². The second-order valence-corrected chi connectivity index (χ2v) is 4.08. The standard InChI is InChI=1S/C11H17N3O3/c1-3-8-9(12)10(14(2)13-8)11(15)17-7-4-5-16-6-7/h7H,3-6,12H2,1-2H3. The van der Waals surface area contributed by atoms with E-state index in [0.29, 0.717) is 31.0 Å². The minimum Gasteiger partial charge on any atom is -0.455 e. The van der Waals surface area contributed by atoms with Crippen LogP contribution >= 0.6 is 0 Å². The number of anilines is 1. The maximum absolute atomic E-state index is 12.0. The summed E-state index contributed by atoms with van der Waals surface area (Å²) in [6, 6.07) is 0. The van der Waals surface area contributed by atoms with E-state index in [1.807, 2.05) is 6.92 Å². The molecule has 2 heterocycles. The molecule has 1 aromatic heterocycles. The van der Waals surface area contributed by atoms with Crippen molar-refractivity contribution in [1.29, 1.82) is 0 Å². The third-order valence-electron chi connectivity index (χ3n) is 2.85. The van der Waals surface area contributed by atoms with Gasteiger partial charge in [0.05, 0.1) is 24.6 Å². The zero-order valence-corrected chi connectivity index (χ0v) is 10.1. The SMILES string of the molecule is CCc1nn(C)c(C(=O)OC2CCOC2)c1N. The maximum Gasteiger partial charge on any atom is 0.359 e. The fourth-order valence-corrected chi connectivity index (χ4v) is 1.91. The molecule has 1 aliphatic heterocycles. The molecule has 6 heteroatoms. The molecule has 0 radical (unpaired) electrons. The van der Waals surface area contributed by atoms with Crippen LogP contribution in [0.25, 0.3) is 0 Å². The van der Waals surface area contributed by atoms with Gasteiger partial charge in [0.25, 0.3) is 0 Å². The number of esters is 1. The Morgan fingerprint density at radius 3 is 3.00 bits per heavy atom. The highest BCUT2D eigenvalue weighted by atomic mass is 16.6. The van der Waals surface area contributed by atoms with E-state index >= 15 is 0 Å². The summed E-state index contributed by atoms with van der Waals surface area (Å²) in [6.45, 7) is 3.04. The molecule has 0 saturated carbocycles. The predicted octanol–water partition coefficient (Wildman–Crippen LogP) is 0.510. The molecule has 1 saturated heterocycles. The van der Waals surface area contributed by atoms with E-state index < -0.39 is 5.97 Å². The summed E-state index contributed by atoms with van der Waals surface area (Å²) in [6.07, 6.45) is 1.27. The van der Waals surface area contributed by atoms with E-state index in [9.17, 15) is 4.79 Å². The first-order chi connectivity index (χ1) is 8.13. The highest BCUT2D eigenvalue weighted by molar-refractivity contribution is 5.93. The van der Waals surface area contributed by atoms with E-state index in [1.54, 1.807) is 7.05 Å². The number of aryl methyl sites for hydroxylation is 2. The lowest BCUT2D eigenvalue weighted by molar-refractivity contribution is 0.0260. The molecule has 1 aromatic rings. The van der Waals surface area contributed by atoms with Gasteiger partial charge in [-0.05, 0) is 6.42 Å². The van der Waals surface area contributed by atoms with Crippen molar-refractivity contribution in [3.8, 4) is 0 Å². The maximum atomic E-state index is 12.0. The Morgan fingerprint density at radius 2 is 2.47 bits per heavy atom. The van der Waals surface area contributed by atoms with Crippen LogP contribution in [0.15, 0.2) is 0 Å². The number of hydrogen-bond acceptors (Lipinski definition) is 5. The number of hydrogen-bond donors (Lipinski definition) is 1. The number of nitrogens with two attached hydrogens (primary N) is 1. The van der Waals surface area contributed by atoms with Gasteiger partial charge in [0, 0.05) is 13.5 Å². The van der Waals surface area contributed by atoms with E-state index in [0.717, 1.165) is 12.1 Å². The summed E-state index contributed by atoms with van der Waals surface area (Å²) in [4.78, 5) is 12.0. The summed E-state index contributed by atoms with van der Waals surface area (Å²) in [5.74, 6) is -0.423. The molecule has 0 amide bonds. The molecule has 2 rings (SSSR count). The molecule has 1 unspecified atom stereocenters. The minimum absolute atomic E-state index is 0.165. The van der Waals surface area contributed by atoms with Gasteiger partial charge in [-0.15, -0.1) is 0 Å². The number of ether oxygens (including phenoxy) is 2. The molecule has 1 fully saturated rings. The molecule has 6 nitrogen and oxygen atoms in total. The number of nitrogen functional groups attached to an aromatic ring is 1. The summed E-state index contributed by atoms with van der Waals surface area (Å²) >= 11 is 0. The van der Waals surface area contributed by atoms with Crippen molar-refractivity contribution >= 4 is 11.7 Å². The van der Waals surface area contributed by atoms with Crippen molar-refractivity contribution in [3.05, 3.63) is 11.4 Å². The minimum atomic E-state index is -0.423. The Balaban J connectivity index is 2.15. The van der Waals surface area contributed by atoms with Crippen LogP contribution in [0.1, 0.15) is 29.5 Å². The number of carbonyl (C=O) groups excluding carboxylic acids is 1. The van der Waals surface area contributed by atoms with Gasteiger partial charge in [0.2, 0.25) is 0 Å². The summed E-state index contributed by atoms with van der Waals surface area (Å²) in [5.41, 5.74) is 7.34. The first-order valence-corrected chi connectivity index (χ1v) is 5.73. The van der Waals surface area contributed by atoms with Crippen molar-refractivity contribution in [2.24, 2.45) is 7.05 Å². The average molecular weight is 239 g/mol.